The van der Waals surface area contributed by atoms with Gasteiger partial charge < -0.3 is 10.4 Å². The van der Waals surface area contributed by atoms with Crippen LogP contribution in [0.3, 0.4) is 0 Å². The van der Waals surface area contributed by atoms with Crippen LogP contribution >= 0.6 is 0 Å². The molecule has 1 aromatic heterocycles. The highest BCUT2D eigenvalue weighted by atomic mass is 32.2. The zero-order valence-corrected chi connectivity index (χ0v) is 13.3. The van der Waals surface area contributed by atoms with Gasteiger partial charge in [-0.05, 0) is 30.2 Å². The standard InChI is InChI=1S/C16H14N2O5S/c19-15(13-6-5-10(9-17-13)16(20)21)18-12-7-8-24(22,23)14-4-2-1-3-11(12)14/h1-6,9,12H,7-8H2,(H,18,19)(H,20,21). The summed E-state index contributed by atoms with van der Waals surface area (Å²) in [4.78, 5) is 27.2. The SMILES string of the molecule is O=C(O)c1ccc(C(=O)NC2CCS(=O)(=O)c3ccccc32)nc1. The number of hydrogen-bond acceptors (Lipinski definition) is 5. The molecule has 2 N–H and O–H groups in total. The summed E-state index contributed by atoms with van der Waals surface area (Å²) in [6.45, 7) is 0. The van der Waals surface area contributed by atoms with E-state index >= 15 is 0 Å². The van der Waals surface area contributed by atoms with E-state index < -0.39 is 27.8 Å². The minimum Gasteiger partial charge on any atom is -0.478 e. The normalized spacial score (nSPS) is 18.4. The summed E-state index contributed by atoms with van der Waals surface area (Å²) in [5, 5.41) is 11.6. The van der Waals surface area contributed by atoms with Gasteiger partial charge in [0.05, 0.1) is 22.3 Å². The van der Waals surface area contributed by atoms with Crippen molar-refractivity contribution in [2.45, 2.75) is 17.4 Å². The fourth-order valence-corrected chi connectivity index (χ4v) is 4.25. The van der Waals surface area contributed by atoms with E-state index in [-0.39, 0.29) is 28.3 Å². The monoisotopic (exact) mass is 346 g/mol. The number of nitrogens with zero attached hydrogens (tertiary/aromatic N) is 1. The van der Waals surface area contributed by atoms with Crippen molar-refractivity contribution >= 4 is 21.7 Å². The van der Waals surface area contributed by atoms with Crippen molar-refractivity contribution in [3.8, 4) is 0 Å². The lowest BCUT2D eigenvalue weighted by Gasteiger charge is -2.26. The molecular weight excluding hydrogens is 332 g/mol. The zero-order chi connectivity index (χ0) is 17.3. The minimum atomic E-state index is -3.32. The second-order valence-corrected chi connectivity index (χ2v) is 7.49. The Morgan fingerprint density at radius 3 is 2.58 bits per heavy atom. The van der Waals surface area contributed by atoms with Gasteiger partial charge in [0.15, 0.2) is 9.84 Å². The Morgan fingerprint density at radius 2 is 1.92 bits per heavy atom. The van der Waals surface area contributed by atoms with Gasteiger partial charge in [-0.1, -0.05) is 18.2 Å². The smallest absolute Gasteiger partial charge is 0.337 e. The molecule has 8 heteroatoms. The van der Waals surface area contributed by atoms with E-state index in [1.165, 1.54) is 18.2 Å². The number of sulfone groups is 1. The number of amides is 1. The number of carbonyl (C=O) groups excluding carboxylic acids is 1. The number of rotatable bonds is 3. The summed E-state index contributed by atoms with van der Waals surface area (Å²) >= 11 is 0. The highest BCUT2D eigenvalue weighted by molar-refractivity contribution is 7.91. The van der Waals surface area contributed by atoms with E-state index in [0.717, 1.165) is 6.20 Å². The molecule has 0 aliphatic carbocycles. The molecule has 2 heterocycles. The quantitative estimate of drug-likeness (QED) is 0.869. The van der Waals surface area contributed by atoms with E-state index in [1.54, 1.807) is 18.2 Å². The maximum Gasteiger partial charge on any atom is 0.337 e. The van der Waals surface area contributed by atoms with Crippen LogP contribution in [0, 0.1) is 0 Å². The van der Waals surface area contributed by atoms with Crippen LogP contribution in [0.1, 0.15) is 38.9 Å². The van der Waals surface area contributed by atoms with Crippen LogP contribution in [-0.2, 0) is 9.84 Å². The van der Waals surface area contributed by atoms with E-state index in [1.807, 2.05) is 0 Å². The topological polar surface area (TPSA) is 113 Å². The number of carboxylic acid groups (broad SMARTS) is 1. The third-order valence-corrected chi connectivity index (χ3v) is 5.67. The second-order valence-electron chi connectivity index (χ2n) is 5.41. The summed E-state index contributed by atoms with van der Waals surface area (Å²) in [6, 6.07) is 8.76. The first-order chi connectivity index (χ1) is 11.4. The average Bonchev–Trinajstić information content (AvgIpc) is 2.58. The molecule has 1 amide bonds. The molecular formula is C16H14N2O5S. The molecule has 7 nitrogen and oxygen atoms in total. The van der Waals surface area contributed by atoms with Crippen molar-refractivity contribution < 1.29 is 23.1 Å². The molecule has 0 saturated heterocycles. The number of hydrogen-bond donors (Lipinski definition) is 2. The van der Waals surface area contributed by atoms with Crippen molar-refractivity contribution in [1.82, 2.24) is 10.3 Å². The Bertz CT molecular complexity index is 906. The summed E-state index contributed by atoms with van der Waals surface area (Å²) in [5.41, 5.74) is 0.617. The second kappa shape index (κ2) is 6.04. The van der Waals surface area contributed by atoms with Crippen molar-refractivity contribution in [3.05, 3.63) is 59.4 Å². The van der Waals surface area contributed by atoms with Gasteiger partial charge in [-0.15, -0.1) is 0 Å². The van der Waals surface area contributed by atoms with Crippen molar-refractivity contribution in [2.24, 2.45) is 0 Å². The summed E-state index contributed by atoms with van der Waals surface area (Å²) in [7, 11) is -3.32. The fourth-order valence-electron chi connectivity index (χ4n) is 2.63. The predicted molar refractivity (Wildman–Crippen MR) is 84.5 cm³/mol. The number of benzene rings is 1. The molecule has 3 rings (SSSR count). The molecule has 2 aromatic rings. The number of pyridine rings is 1. The molecule has 1 aromatic carbocycles. The number of carboxylic acids is 1. The van der Waals surface area contributed by atoms with Crippen LogP contribution in [0.2, 0.25) is 0 Å². The number of fused-ring (bicyclic) bond motifs is 1. The lowest BCUT2D eigenvalue weighted by Crippen LogP contribution is -2.34. The van der Waals surface area contributed by atoms with Gasteiger partial charge in [-0.25, -0.2) is 13.2 Å². The fraction of sp³-hybridized carbons (Fsp3) is 0.188. The van der Waals surface area contributed by atoms with Crippen LogP contribution < -0.4 is 5.32 Å². The molecule has 24 heavy (non-hydrogen) atoms. The van der Waals surface area contributed by atoms with Gasteiger partial charge in [0.1, 0.15) is 5.69 Å². The third kappa shape index (κ3) is 3.00. The van der Waals surface area contributed by atoms with Crippen LogP contribution in [0.5, 0.6) is 0 Å². The molecule has 1 aliphatic heterocycles. The Kier molecular flexibility index (Phi) is 4.06. The maximum absolute atomic E-state index is 12.3. The number of aromatic carboxylic acids is 1. The molecule has 0 spiro atoms. The number of aromatic nitrogens is 1. The molecule has 0 saturated carbocycles. The van der Waals surface area contributed by atoms with Gasteiger partial charge in [0.25, 0.3) is 5.91 Å². The predicted octanol–water partition coefficient (Wildman–Crippen LogP) is 1.43. The van der Waals surface area contributed by atoms with Gasteiger partial charge in [0.2, 0.25) is 0 Å². The molecule has 124 valence electrons. The molecule has 0 radical (unpaired) electrons. The average molecular weight is 346 g/mol. The van der Waals surface area contributed by atoms with E-state index in [0.29, 0.717) is 5.56 Å². The third-order valence-electron chi connectivity index (χ3n) is 3.85. The highest BCUT2D eigenvalue weighted by Gasteiger charge is 2.31. The largest absolute Gasteiger partial charge is 0.478 e. The van der Waals surface area contributed by atoms with Crippen LogP contribution in [0.15, 0.2) is 47.5 Å². The number of nitrogens with one attached hydrogen (secondary N) is 1. The summed E-state index contributed by atoms with van der Waals surface area (Å²) in [5.74, 6) is -1.65. The Hall–Kier alpha value is -2.74. The highest BCUT2D eigenvalue weighted by Crippen LogP contribution is 2.31. The van der Waals surface area contributed by atoms with Gasteiger partial charge in [-0.3, -0.25) is 9.78 Å². The van der Waals surface area contributed by atoms with Gasteiger partial charge in [-0.2, -0.15) is 0 Å². The maximum atomic E-state index is 12.3. The first-order valence-corrected chi connectivity index (χ1v) is 8.85. The molecule has 1 unspecified atom stereocenters. The Balaban J connectivity index is 1.84. The number of carbonyl (C=O) groups is 2. The lowest BCUT2D eigenvalue weighted by molar-refractivity contribution is 0.0695. The summed E-state index contributed by atoms with van der Waals surface area (Å²) < 4.78 is 24.2. The van der Waals surface area contributed by atoms with Crippen molar-refractivity contribution in [2.75, 3.05) is 5.75 Å². The minimum absolute atomic E-state index is 0.0133. The summed E-state index contributed by atoms with van der Waals surface area (Å²) in [6.07, 6.45) is 1.38. The molecule has 0 bridgehead atoms. The first kappa shape index (κ1) is 16.1. The Labute approximate surface area is 138 Å². The molecule has 0 fully saturated rings. The van der Waals surface area contributed by atoms with E-state index in [4.69, 9.17) is 5.11 Å². The van der Waals surface area contributed by atoms with Crippen molar-refractivity contribution in [1.29, 1.82) is 0 Å². The van der Waals surface area contributed by atoms with Gasteiger partial charge in [0, 0.05) is 6.20 Å². The van der Waals surface area contributed by atoms with Crippen molar-refractivity contribution in [3.63, 3.8) is 0 Å². The van der Waals surface area contributed by atoms with E-state index in [9.17, 15) is 18.0 Å². The first-order valence-electron chi connectivity index (χ1n) is 7.20. The van der Waals surface area contributed by atoms with Crippen LogP contribution in [-0.4, -0.2) is 36.1 Å². The van der Waals surface area contributed by atoms with E-state index in [2.05, 4.69) is 10.3 Å². The lowest BCUT2D eigenvalue weighted by atomic mass is 10.0. The van der Waals surface area contributed by atoms with Crippen LogP contribution in [0.4, 0.5) is 0 Å². The molecule has 1 aliphatic rings. The Morgan fingerprint density at radius 1 is 1.17 bits per heavy atom. The van der Waals surface area contributed by atoms with Crippen LogP contribution in [0.25, 0.3) is 0 Å². The molecule has 1 atom stereocenters. The zero-order valence-electron chi connectivity index (χ0n) is 12.5. The van der Waals surface area contributed by atoms with Gasteiger partial charge >= 0.3 is 5.97 Å².